The minimum absolute atomic E-state index is 0.0106. The van der Waals surface area contributed by atoms with Crippen LogP contribution in [0.15, 0.2) is 47.1 Å². The Labute approximate surface area is 213 Å². The van der Waals surface area contributed by atoms with E-state index in [0.717, 1.165) is 44.2 Å². The fourth-order valence-electron chi connectivity index (χ4n) is 8.81. The van der Waals surface area contributed by atoms with Crippen molar-refractivity contribution in [1.29, 1.82) is 0 Å². The molecule has 5 aliphatic rings. The highest BCUT2D eigenvalue weighted by atomic mass is 16.7. The minimum atomic E-state index is -0.394. The van der Waals surface area contributed by atoms with E-state index in [1.165, 1.54) is 18.9 Å². The summed E-state index contributed by atoms with van der Waals surface area (Å²) in [4.78, 5) is 29.0. The van der Waals surface area contributed by atoms with E-state index in [2.05, 4.69) is 25.1 Å². The van der Waals surface area contributed by atoms with Crippen LogP contribution in [0.4, 0.5) is 0 Å². The Morgan fingerprint density at radius 1 is 1.06 bits per heavy atom. The van der Waals surface area contributed by atoms with Gasteiger partial charge < -0.3 is 14.3 Å². The van der Waals surface area contributed by atoms with Crippen molar-refractivity contribution in [3.63, 3.8) is 0 Å². The van der Waals surface area contributed by atoms with Crippen molar-refractivity contribution in [2.24, 2.45) is 33.7 Å². The van der Waals surface area contributed by atoms with Gasteiger partial charge in [-0.1, -0.05) is 48.9 Å². The number of rotatable bonds is 4. The van der Waals surface area contributed by atoms with E-state index in [1.807, 2.05) is 37.3 Å². The van der Waals surface area contributed by atoms with Crippen molar-refractivity contribution in [2.45, 2.75) is 90.4 Å². The second-order valence-electron chi connectivity index (χ2n) is 12.2. The number of hydrogen-bond donors (Lipinski definition) is 0. The van der Waals surface area contributed by atoms with E-state index in [9.17, 15) is 9.59 Å². The molecule has 6 heteroatoms. The minimum Gasteiger partial charge on any atom is -0.458 e. The molecule has 1 aliphatic heterocycles. The standard InChI is InChI=1S/C30H37NO5/c1-18(31-36-19(2)32)30-26(35-30)17-25-23-11-10-21-16-22(34-27(33)20-8-6-5-7-9-20)12-14-28(21,3)24(23)13-15-29(25,30)4/h5-10,22-26H,11-17H2,1-4H3/b31-18+/t22-,23-,24+,25+,26-,28+,29+,30-/m1/s1. The average molecular weight is 492 g/mol. The molecule has 0 bridgehead atoms. The molecule has 0 N–H and O–H groups in total. The molecule has 1 aromatic carbocycles. The summed E-state index contributed by atoms with van der Waals surface area (Å²) in [5.74, 6) is 1.22. The van der Waals surface area contributed by atoms with Crippen LogP contribution in [-0.2, 0) is 19.1 Å². The summed E-state index contributed by atoms with van der Waals surface area (Å²) in [6, 6.07) is 9.30. The second kappa shape index (κ2) is 8.27. The van der Waals surface area contributed by atoms with Crippen LogP contribution in [-0.4, -0.2) is 35.5 Å². The number of carbonyl (C=O) groups is 2. The Balaban J connectivity index is 1.20. The molecule has 0 aromatic heterocycles. The summed E-state index contributed by atoms with van der Waals surface area (Å²) in [6.07, 6.45) is 9.84. The zero-order valence-corrected chi connectivity index (χ0v) is 21.8. The third-order valence-corrected chi connectivity index (χ3v) is 10.6. The van der Waals surface area contributed by atoms with E-state index in [0.29, 0.717) is 23.3 Å². The summed E-state index contributed by atoms with van der Waals surface area (Å²) in [5.41, 5.74) is 2.72. The van der Waals surface area contributed by atoms with E-state index >= 15 is 0 Å². The van der Waals surface area contributed by atoms with Gasteiger partial charge in [0.05, 0.1) is 17.4 Å². The molecule has 4 fully saturated rings. The summed E-state index contributed by atoms with van der Waals surface area (Å²) in [6.45, 7) is 8.19. The molecule has 1 aromatic rings. The molecule has 6 rings (SSSR count). The van der Waals surface area contributed by atoms with Crippen LogP contribution in [0.5, 0.6) is 0 Å². The number of esters is 1. The molecule has 1 saturated heterocycles. The van der Waals surface area contributed by atoms with Gasteiger partial charge in [0.1, 0.15) is 11.7 Å². The van der Waals surface area contributed by atoms with Gasteiger partial charge >= 0.3 is 11.9 Å². The van der Waals surface area contributed by atoms with E-state index in [1.54, 1.807) is 0 Å². The number of carbonyl (C=O) groups excluding carboxylic acids is 2. The number of epoxide rings is 1. The second-order valence-corrected chi connectivity index (χ2v) is 12.2. The number of oxime groups is 1. The van der Waals surface area contributed by atoms with Crippen LogP contribution in [0.3, 0.4) is 0 Å². The monoisotopic (exact) mass is 491 g/mol. The van der Waals surface area contributed by atoms with E-state index in [4.69, 9.17) is 14.3 Å². The maximum atomic E-state index is 12.7. The van der Waals surface area contributed by atoms with Crippen molar-refractivity contribution < 1.29 is 23.9 Å². The zero-order valence-electron chi connectivity index (χ0n) is 21.8. The maximum absolute atomic E-state index is 12.7. The molecule has 36 heavy (non-hydrogen) atoms. The van der Waals surface area contributed by atoms with E-state index in [-0.39, 0.29) is 34.6 Å². The molecule has 3 saturated carbocycles. The van der Waals surface area contributed by atoms with Gasteiger partial charge in [-0.3, -0.25) is 0 Å². The smallest absolute Gasteiger partial charge is 0.338 e. The van der Waals surface area contributed by atoms with Crippen LogP contribution < -0.4 is 0 Å². The van der Waals surface area contributed by atoms with Crippen molar-refractivity contribution in [3.05, 3.63) is 47.5 Å². The fourth-order valence-corrected chi connectivity index (χ4v) is 8.81. The lowest BCUT2D eigenvalue weighted by molar-refractivity contribution is -0.141. The Morgan fingerprint density at radius 2 is 1.83 bits per heavy atom. The Morgan fingerprint density at radius 3 is 2.58 bits per heavy atom. The number of allylic oxidation sites excluding steroid dienone is 1. The van der Waals surface area contributed by atoms with Gasteiger partial charge in [-0.25, -0.2) is 9.59 Å². The van der Waals surface area contributed by atoms with Gasteiger partial charge in [0, 0.05) is 18.8 Å². The highest BCUT2D eigenvalue weighted by molar-refractivity contribution is 5.95. The lowest BCUT2D eigenvalue weighted by Crippen LogP contribution is -2.54. The first-order valence-electron chi connectivity index (χ1n) is 13.5. The topological polar surface area (TPSA) is 77.5 Å². The number of ether oxygens (including phenoxy) is 2. The molecule has 0 unspecified atom stereocenters. The van der Waals surface area contributed by atoms with Crippen LogP contribution in [0.25, 0.3) is 0 Å². The van der Waals surface area contributed by atoms with Crippen molar-refractivity contribution in [1.82, 2.24) is 0 Å². The Kier molecular flexibility index (Phi) is 5.49. The first-order valence-corrected chi connectivity index (χ1v) is 13.5. The predicted molar refractivity (Wildman–Crippen MR) is 135 cm³/mol. The van der Waals surface area contributed by atoms with E-state index < -0.39 is 5.97 Å². The predicted octanol–water partition coefficient (Wildman–Crippen LogP) is 5.86. The SMILES string of the molecule is CC(=O)O/N=C(\C)[C@@]12O[C@@H]1C[C@H]1[C@@H]3CC=C4C[C@H](OC(=O)c5ccccc5)CC[C@]4(C)[C@H]3CC[C@@]12C. The first-order chi connectivity index (χ1) is 17.2. The van der Waals surface area contributed by atoms with Gasteiger partial charge in [-0.15, -0.1) is 0 Å². The fraction of sp³-hybridized carbons (Fsp3) is 0.633. The van der Waals surface area contributed by atoms with Crippen LogP contribution >= 0.6 is 0 Å². The Bertz CT molecular complexity index is 1140. The molecule has 0 spiro atoms. The first kappa shape index (κ1) is 23.9. The van der Waals surface area contributed by atoms with Gasteiger partial charge in [0.15, 0.2) is 0 Å². The molecule has 192 valence electrons. The van der Waals surface area contributed by atoms with Gasteiger partial charge in [-0.2, -0.15) is 0 Å². The summed E-state index contributed by atoms with van der Waals surface area (Å²) >= 11 is 0. The maximum Gasteiger partial charge on any atom is 0.338 e. The van der Waals surface area contributed by atoms with Gasteiger partial charge in [-0.05, 0) is 80.8 Å². The molecular weight excluding hydrogens is 454 g/mol. The van der Waals surface area contributed by atoms with Gasteiger partial charge in [0.2, 0.25) is 0 Å². The quantitative estimate of drug-likeness (QED) is 0.132. The van der Waals surface area contributed by atoms with Gasteiger partial charge in [0.25, 0.3) is 0 Å². The number of benzene rings is 1. The normalized spacial score (nSPS) is 42.7. The highest BCUT2D eigenvalue weighted by Crippen LogP contribution is 2.73. The molecule has 1 heterocycles. The Hall–Kier alpha value is -2.47. The summed E-state index contributed by atoms with van der Waals surface area (Å²) in [7, 11) is 0. The molecule has 8 atom stereocenters. The lowest BCUT2D eigenvalue weighted by Gasteiger charge is -2.58. The van der Waals surface area contributed by atoms with Crippen molar-refractivity contribution >= 4 is 17.7 Å². The number of fused-ring (bicyclic) bond motifs is 7. The van der Waals surface area contributed by atoms with Crippen LogP contribution in [0.1, 0.15) is 83.0 Å². The molecule has 0 amide bonds. The molecule has 6 nitrogen and oxygen atoms in total. The molecular formula is C30H37NO5. The van der Waals surface area contributed by atoms with Crippen LogP contribution in [0.2, 0.25) is 0 Å². The zero-order chi connectivity index (χ0) is 25.3. The lowest BCUT2D eigenvalue weighted by atomic mass is 9.47. The number of hydrogen-bond acceptors (Lipinski definition) is 6. The van der Waals surface area contributed by atoms with Crippen molar-refractivity contribution in [2.75, 3.05) is 0 Å². The highest BCUT2D eigenvalue weighted by Gasteiger charge is 2.78. The third-order valence-electron chi connectivity index (χ3n) is 10.6. The summed E-state index contributed by atoms with van der Waals surface area (Å²) in [5, 5.41) is 4.18. The average Bonchev–Trinajstić information content (AvgIpc) is 3.54. The third kappa shape index (κ3) is 3.36. The summed E-state index contributed by atoms with van der Waals surface area (Å²) < 4.78 is 12.3. The molecule has 0 radical (unpaired) electrons. The number of nitrogens with zero attached hydrogens (tertiary/aromatic N) is 1. The largest absolute Gasteiger partial charge is 0.458 e. The molecule has 4 aliphatic carbocycles. The van der Waals surface area contributed by atoms with Crippen molar-refractivity contribution in [3.8, 4) is 0 Å². The van der Waals surface area contributed by atoms with Crippen LogP contribution in [0, 0.1) is 28.6 Å².